The van der Waals surface area contributed by atoms with Crippen LogP contribution in [0.5, 0.6) is 6.01 Å². The Morgan fingerprint density at radius 3 is 2.82 bits per heavy atom. The third kappa shape index (κ3) is 6.16. The molecule has 2 aromatic carbocycles. The van der Waals surface area contributed by atoms with Crippen molar-refractivity contribution in [2.24, 2.45) is 5.92 Å². The summed E-state index contributed by atoms with van der Waals surface area (Å²) >= 11 is 6.51. The summed E-state index contributed by atoms with van der Waals surface area (Å²) in [6.45, 7) is 14.6. The van der Waals surface area contributed by atoms with Crippen molar-refractivity contribution < 1.29 is 13.9 Å². The second kappa shape index (κ2) is 13.2. The number of hydrogen-bond acceptors (Lipinski definition) is 7. The molecule has 0 bridgehead atoms. The maximum atomic E-state index is 14.6. The molecule has 6 rings (SSSR count). The fourth-order valence-electron chi connectivity index (χ4n) is 7.26. The average molecular weight is 632 g/mol. The largest absolute Gasteiger partial charge is 0.463 e. The minimum Gasteiger partial charge on any atom is -0.463 e. The molecule has 3 aromatic rings. The maximum absolute atomic E-state index is 14.6. The maximum Gasteiger partial charge on any atom is 0.318 e. The molecule has 2 aliphatic heterocycles. The summed E-state index contributed by atoms with van der Waals surface area (Å²) in [6, 6.07) is 9.55. The smallest absolute Gasteiger partial charge is 0.318 e. The summed E-state index contributed by atoms with van der Waals surface area (Å²) in [7, 11) is 4.24. The Bertz CT molecular complexity index is 1640. The van der Waals surface area contributed by atoms with Gasteiger partial charge in [-0.05, 0) is 57.0 Å². The molecule has 1 saturated carbocycles. The lowest BCUT2D eigenvalue weighted by molar-refractivity contribution is -0.128. The number of amides is 1. The van der Waals surface area contributed by atoms with Crippen LogP contribution in [0.25, 0.3) is 15.6 Å². The van der Waals surface area contributed by atoms with Gasteiger partial charge < -0.3 is 29.2 Å². The van der Waals surface area contributed by atoms with E-state index in [1.807, 2.05) is 18.2 Å². The molecule has 1 amide bonds. The first-order valence-corrected chi connectivity index (χ1v) is 16.0. The van der Waals surface area contributed by atoms with Crippen molar-refractivity contribution >= 4 is 39.8 Å². The quantitative estimate of drug-likeness (QED) is 0.250. The topological polar surface area (TPSA) is 69.4 Å². The van der Waals surface area contributed by atoms with E-state index < -0.39 is 5.82 Å². The van der Waals surface area contributed by atoms with Crippen LogP contribution in [0.3, 0.4) is 0 Å². The normalized spacial score (nSPS) is 21.6. The van der Waals surface area contributed by atoms with Gasteiger partial charge >= 0.3 is 6.01 Å². The van der Waals surface area contributed by atoms with E-state index in [1.54, 1.807) is 11.0 Å². The third-order valence-corrected chi connectivity index (χ3v) is 9.90. The number of hydrogen-bond donors (Lipinski definition) is 0. The molecule has 1 unspecified atom stereocenters. The third-order valence-electron chi connectivity index (χ3n) is 9.53. The lowest BCUT2D eigenvalue weighted by atomic mass is 10.0. The van der Waals surface area contributed by atoms with Crippen molar-refractivity contribution in [1.29, 1.82) is 0 Å². The summed E-state index contributed by atoms with van der Waals surface area (Å²) in [5, 5.41) is 1.68. The zero-order valence-electron chi connectivity index (χ0n) is 25.9. The molecule has 236 valence electrons. The molecule has 1 saturated heterocycles. The lowest BCUT2D eigenvalue weighted by Gasteiger charge is -2.41. The molecule has 45 heavy (non-hydrogen) atoms. The lowest BCUT2D eigenvalue weighted by Crippen LogP contribution is -2.56. The van der Waals surface area contributed by atoms with Gasteiger partial charge in [-0.1, -0.05) is 42.8 Å². The molecule has 0 N–H and O–H groups in total. The molecule has 0 radical (unpaired) electrons. The van der Waals surface area contributed by atoms with Gasteiger partial charge in [-0.25, -0.2) is 11.0 Å². The summed E-state index contributed by atoms with van der Waals surface area (Å²) in [4.78, 5) is 34.5. The van der Waals surface area contributed by atoms with Crippen LogP contribution in [0.15, 0.2) is 43.0 Å². The van der Waals surface area contributed by atoms with Crippen LogP contribution < -0.4 is 14.5 Å². The molecule has 3 atom stereocenters. The number of carbonyl (C=O) groups is 1. The summed E-state index contributed by atoms with van der Waals surface area (Å²) in [6.07, 6.45) is 5.40. The van der Waals surface area contributed by atoms with Gasteiger partial charge in [0.1, 0.15) is 17.7 Å². The van der Waals surface area contributed by atoms with Gasteiger partial charge in [-0.3, -0.25) is 4.79 Å². The van der Waals surface area contributed by atoms with Crippen LogP contribution in [0.4, 0.5) is 15.9 Å². The van der Waals surface area contributed by atoms with Crippen molar-refractivity contribution in [3.63, 3.8) is 0 Å². The number of ether oxygens (including phenoxy) is 1. The Kier molecular flexibility index (Phi) is 9.11. The molecule has 1 aromatic heterocycles. The number of anilines is 2. The molecule has 11 heteroatoms. The predicted molar refractivity (Wildman–Crippen MR) is 175 cm³/mol. The second-order valence-corrected chi connectivity index (χ2v) is 12.8. The Morgan fingerprint density at radius 1 is 1.20 bits per heavy atom. The first-order valence-electron chi connectivity index (χ1n) is 15.6. The SMILES string of the molecule is [C-]#[N+]CC1CN(c2nc(OC[C@@H]3CCC[C@@H]3N(C)C)nc3c2CCN(c2cccc4ccc(F)c(Cl)c24)C3)CCN1C(=O)C=C. The molecular weight excluding hydrogens is 593 g/mol. The summed E-state index contributed by atoms with van der Waals surface area (Å²) < 4.78 is 21.0. The molecule has 0 spiro atoms. The van der Waals surface area contributed by atoms with Crippen LogP contribution >= 0.6 is 11.6 Å². The highest BCUT2D eigenvalue weighted by Crippen LogP contribution is 2.38. The number of piperazine rings is 1. The van der Waals surface area contributed by atoms with E-state index in [0.717, 1.165) is 41.0 Å². The highest BCUT2D eigenvalue weighted by molar-refractivity contribution is 6.36. The van der Waals surface area contributed by atoms with Gasteiger partial charge in [0.25, 0.3) is 0 Å². The fraction of sp³-hybridized carbons (Fsp3) is 0.471. The van der Waals surface area contributed by atoms with Crippen LogP contribution in [0.1, 0.15) is 30.5 Å². The molecule has 9 nitrogen and oxygen atoms in total. The van der Waals surface area contributed by atoms with E-state index in [1.165, 1.54) is 18.6 Å². The molecule has 1 aliphatic carbocycles. The van der Waals surface area contributed by atoms with Crippen molar-refractivity contribution in [3.8, 4) is 6.01 Å². The van der Waals surface area contributed by atoms with Crippen LogP contribution in [0, 0.1) is 18.3 Å². The van der Waals surface area contributed by atoms with E-state index in [9.17, 15) is 9.18 Å². The predicted octanol–water partition coefficient (Wildman–Crippen LogP) is 5.22. The van der Waals surface area contributed by atoms with Gasteiger partial charge in [0, 0.05) is 54.8 Å². The molecule has 3 aliphatic rings. The standard InChI is InChI=1S/C34H39ClFN7O2/c1-5-30(44)43-17-16-42(19-24(43)18-37-2)33-25-14-15-41(29-11-6-8-22-12-13-26(36)32(35)31(22)29)20-27(25)38-34(39-33)45-21-23-9-7-10-28(23)40(3)4/h5-6,8,11-13,23-24,28H,1,7,9-10,14-21H2,3-4H3/t23-,24?,28-/m0/s1. The first kappa shape index (κ1) is 31.1. The Balaban J connectivity index is 1.35. The van der Waals surface area contributed by atoms with Crippen LogP contribution in [0.2, 0.25) is 5.02 Å². The van der Waals surface area contributed by atoms with Crippen LogP contribution in [-0.2, 0) is 17.8 Å². The van der Waals surface area contributed by atoms with Crippen LogP contribution in [-0.4, -0.2) is 91.2 Å². The molecule has 2 fully saturated rings. The van der Waals surface area contributed by atoms with E-state index in [2.05, 4.69) is 40.2 Å². The monoisotopic (exact) mass is 631 g/mol. The van der Waals surface area contributed by atoms with Gasteiger partial charge in [-0.2, -0.15) is 9.97 Å². The Labute approximate surface area is 269 Å². The van der Waals surface area contributed by atoms with Crippen molar-refractivity contribution in [2.45, 2.75) is 44.3 Å². The van der Waals surface area contributed by atoms with Gasteiger partial charge in [0.2, 0.25) is 12.5 Å². The minimum atomic E-state index is -0.444. The number of halogens is 2. The van der Waals surface area contributed by atoms with Crippen molar-refractivity contribution in [3.05, 3.63) is 76.5 Å². The number of rotatable bonds is 8. The van der Waals surface area contributed by atoms with E-state index in [0.29, 0.717) is 69.1 Å². The summed E-state index contributed by atoms with van der Waals surface area (Å²) in [5.41, 5.74) is 2.75. The van der Waals surface area contributed by atoms with Crippen molar-refractivity contribution in [2.75, 3.05) is 63.2 Å². The molecule has 3 heterocycles. The summed E-state index contributed by atoms with van der Waals surface area (Å²) in [5.74, 6) is 0.585. The fourth-order valence-corrected chi connectivity index (χ4v) is 7.53. The minimum absolute atomic E-state index is 0.117. The van der Waals surface area contributed by atoms with Crippen molar-refractivity contribution in [1.82, 2.24) is 19.8 Å². The Hall–Kier alpha value is -3.94. The van der Waals surface area contributed by atoms with E-state index >= 15 is 0 Å². The highest BCUT2D eigenvalue weighted by atomic mass is 35.5. The molecular formula is C34H39ClFN7O2. The van der Waals surface area contributed by atoms with E-state index in [-0.39, 0.29) is 23.5 Å². The first-order chi connectivity index (χ1) is 21.8. The zero-order valence-corrected chi connectivity index (χ0v) is 26.6. The Morgan fingerprint density at radius 2 is 2.04 bits per heavy atom. The number of fused-ring (bicyclic) bond motifs is 2. The number of aromatic nitrogens is 2. The van der Waals surface area contributed by atoms with E-state index in [4.69, 9.17) is 32.9 Å². The zero-order chi connectivity index (χ0) is 31.7. The van der Waals surface area contributed by atoms with Gasteiger partial charge in [0.05, 0.1) is 23.9 Å². The number of nitrogens with zero attached hydrogens (tertiary/aromatic N) is 7. The second-order valence-electron chi connectivity index (χ2n) is 12.4. The number of carbonyl (C=O) groups excluding carboxylic acids is 1. The number of benzene rings is 2. The highest BCUT2D eigenvalue weighted by Gasteiger charge is 2.35. The average Bonchev–Trinajstić information content (AvgIpc) is 3.53. The van der Waals surface area contributed by atoms with Gasteiger partial charge in [0.15, 0.2) is 0 Å². The van der Waals surface area contributed by atoms with Gasteiger partial charge in [-0.15, -0.1) is 0 Å².